The van der Waals surface area contributed by atoms with Gasteiger partial charge in [-0.15, -0.1) is 23.7 Å². The molecule has 3 nitrogen and oxygen atoms in total. The summed E-state index contributed by atoms with van der Waals surface area (Å²) in [7, 11) is 0. The molecule has 2 fully saturated rings. The zero-order valence-corrected chi connectivity index (χ0v) is 13.3. The Morgan fingerprint density at radius 2 is 2.05 bits per heavy atom. The lowest BCUT2D eigenvalue weighted by molar-refractivity contribution is 0.0681. The number of rotatable bonds is 1. The van der Waals surface area contributed by atoms with Gasteiger partial charge in [-0.3, -0.25) is 4.79 Å². The number of thiophene rings is 1. The summed E-state index contributed by atoms with van der Waals surface area (Å²) in [6.07, 6.45) is 3.21. The van der Waals surface area contributed by atoms with Crippen molar-refractivity contribution >= 4 is 52.9 Å². The zero-order chi connectivity index (χ0) is 12.7. The van der Waals surface area contributed by atoms with Gasteiger partial charge in [0.1, 0.15) is 4.34 Å². The molecule has 3 rings (SSSR count). The van der Waals surface area contributed by atoms with Crippen LogP contribution < -0.4 is 5.32 Å². The second kappa shape index (κ2) is 6.19. The third-order valence-electron chi connectivity index (χ3n) is 3.78. The molecule has 1 aromatic heterocycles. The summed E-state index contributed by atoms with van der Waals surface area (Å²) in [6.45, 7) is 1.88. The SMILES string of the molecule is Cl.O=C(c1cc(Cl)sc1Cl)N1C2CCNCC1CC2. The average Bonchev–Trinajstić information content (AvgIpc) is 2.76. The molecule has 2 bridgehead atoms. The Kier molecular flexibility index (Phi) is 5.01. The van der Waals surface area contributed by atoms with Crippen molar-refractivity contribution in [3.63, 3.8) is 0 Å². The van der Waals surface area contributed by atoms with Crippen molar-refractivity contribution in [3.05, 3.63) is 20.3 Å². The molecular formula is C12H15Cl3N2OS. The van der Waals surface area contributed by atoms with Crippen molar-refractivity contribution < 1.29 is 4.79 Å². The van der Waals surface area contributed by atoms with Crippen molar-refractivity contribution in [2.45, 2.75) is 31.3 Å². The minimum Gasteiger partial charge on any atom is -0.331 e. The summed E-state index contributed by atoms with van der Waals surface area (Å²) in [4.78, 5) is 14.6. The van der Waals surface area contributed by atoms with Gasteiger partial charge in [-0.05, 0) is 31.9 Å². The van der Waals surface area contributed by atoms with Gasteiger partial charge in [0, 0.05) is 18.6 Å². The molecule has 2 aliphatic rings. The van der Waals surface area contributed by atoms with E-state index in [1.54, 1.807) is 6.07 Å². The average molecular weight is 342 g/mol. The predicted molar refractivity (Wildman–Crippen MR) is 82.1 cm³/mol. The number of hydrogen-bond donors (Lipinski definition) is 1. The molecule has 2 atom stereocenters. The van der Waals surface area contributed by atoms with E-state index in [1.807, 2.05) is 4.90 Å². The Labute approximate surface area is 132 Å². The third kappa shape index (κ3) is 2.88. The van der Waals surface area contributed by atoms with Gasteiger partial charge in [-0.25, -0.2) is 0 Å². The normalized spacial score (nSPS) is 25.9. The molecule has 19 heavy (non-hydrogen) atoms. The minimum absolute atomic E-state index is 0. The smallest absolute Gasteiger partial charge is 0.256 e. The molecule has 2 unspecified atom stereocenters. The molecule has 1 amide bonds. The molecule has 0 radical (unpaired) electrons. The van der Waals surface area contributed by atoms with Crippen molar-refractivity contribution in [2.24, 2.45) is 0 Å². The monoisotopic (exact) mass is 340 g/mol. The van der Waals surface area contributed by atoms with Gasteiger partial charge in [0.2, 0.25) is 0 Å². The number of halogens is 3. The molecule has 0 aliphatic carbocycles. The van der Waals surface area contributed by atoms with Crippen LogP contribution in [0.25, 0.3) is 0 Å². The van der Waals surface area contributed by atoms with Crippen LogP contribution in [0, 0.1) is 0 Å². The number of fused-ring (bicyclic) bond motifs is 2. The first-order valence-electron chi connectivity index (χ1n) is 6.15. The van der Waals surface area contributed by atoms with Crippen molar-refractivity contribution in [3.8, 4) is 0 Å². The Morgan fingerprint density at radius 1 is 1.32 bits per heavy atom. The largest absolute Gasteiger partial charge is 0.331 e. The Morgan fingerprint density at radius 3 is 2.74 bits per heavy atom. The standard InChI is InChI=1S/C12H14Cl2N2OS.ClH/c13-10-5-9(11(14)18-10)12(17)16-7-1-2-8(16)6-15-4-3-7;/h5,7-8,15H,1-4,6H2;1H. The highest BCUT2D eigenvalue weighted by atomic mass is 35.5. The second-order valence-corrected chi connectivity index (χ2v) is 7.11. The van der Waals surface area contributed by atoms with Crippen LogP contribution in [0.3, 0.4) is 0 Å². The molecule has 3 heterocycles. The Balaban J connectivity index is 0.00000133. The van der Waals surface area contributed by atoms with Gasteiger partial charge in [-0.1, -0.05) is 23.2 Å². The van der Waals surface area contributed by atoms with Crippen LogP contribution >= 0.6 is 46.9 Å². The van der Waals surface area contributed by atoms with Gasteiger partial charge in [0.05, 0.1) is 9.90 Å². The quantitative estimate of drug-likeness (QED) is 0.848. The summed E-state index contributed by atoms with van der Waals surface area (Å²) < 4.78 is 1.07. The highest BCUT2D eigenvalue weighted by Gasteiger charge is 2.39. The van der Waals surface area contributed by atoms with Crippen LogP contribution in [0.2, 0.25) is 8.67 Å². The first-order valence-corrected chi connectivity index (χ1v) is 7.72. The number of carbonyl (C=O) groups is 1. The van der Waals surface area contributed by atoms with Gasteiger partial charge in [-0.2, -0.15) is 0 Å². The van der Waals surface area contributed by atoms with Crippen LogP contribution in [0.15, 0.2) is 6.07 Å². The van der Waals surface area contributed by atoms with Crippen LogP contribution in [0.4, 0.5) is 0 Å². The summed E-state index contributed by atoms with van der Waals surface area (Å²) in [5, 5.41) is 3.38. The second-order valence-electron chi connectivity index (χ2n) is 4.83. The Hall–Kier alpha value is -0.000000000000000104. The number of nitrogens with zero attached hydrogens (tertiary/aromatic N) is 1. The van der Waals surface area contributed by atoms with Gasteiger partial charge < -0.3 is 10.2 Å². The highest BCUT2D eigenvalue weighted by molar-refractivity contribution is 7.20. The van der Waals surface area contributed by atoms with E-state index in [2.05, 4.69) is 5.32 Å². The molecule has 2 aliphatic heterocycles. The maximum absolute atomic E-state index is 12.6. The minimum atomic E-state index is 0. The van der Waals surface area contributed by atoms with Crippen molar-refractivity contribution in [1.29, 1.82) is 0 Å². The Bertz CT molecular complexity index is 466. The molecule has 0 aromatic carbocycles. The van der Waals surface area contributed by atoms with E-state index < -0.39 is 0 Å². The zero-order valence-electron chi connectivity index (χ0n) is 10.2. The molecule has 0 spiro atoms. The lowest BCUT2D eigenvalue weighted by Crippen LogP contribution is -2.42. The molecule has 1 N–H and O–H groups in total. The first-order chi connectivity index (χ1) is 8.66. The van der Waals surface area contributed by atoms with E-state index >= 15 is 0 Å². The van der Waals surface area contributed by atoms with Crippen LogP contribution in [0.1, 0.15) is 29.6 Å². The summed E-state index contributed by atoms with van der Waals surface area (Å²) >= 11 is 13.3. The fourth-order valence-corrected chi connectivity index (χ4v) is 4.39. The van der Waals surface area contributed by atoms with E-state index in [0.29, 0.717) is 26.3 Å². The van der Waals surface area contributed by atoms with Crippen LogP contribution in [-0.2, 0) is 0 Å². The number of hydrogen-bond acceptors (Lipinski definition) is 3. The molecular weight excluding hydrogens is 327 g/mol. The topological polar surface area (TPSA) is 32.3 Å². The third-order valence-corrected chi connectivity index (χ3v) is 5.26. The predicted octanol–water partition coefficient (Wildman–Crippen LogP) is 3.44. The lowest BCUT2D eigenvalue weighted by Gasteiger charge is -2.27. The molecule has 2 saturated heterocycles. The van der Waals surface area contributed by atoms with Crippen LogP contribution in [-0.4, -0.2) is 36.0 Å². The molecule has 7 heteroatoms. The lowest BCUT2D eigenvalue weighted by atomic mass is 10.1. The number of amides is 1. The van der Waals surface area contributed by atoms with Gasteiger partial charge in [0.15, 0.2) is 0 Å². The molecule has 1 aromatic rings. The first kappa shape index (κ1) is 15.4. The summed E-state index contributed by atoms with van der Waals surface area (Å²) in [5.41, 5.74) is 0.561. The highest BCUT2D eigenvalue weighted by Crippen LogP contribution is 2.35. The fraction of sp³-hybridized carbons (Fsp3) is 0.583. The van der Waals surface area contributed by atoms with E-state index in [0.717, 1.165) is 32.4 Å². The number of carbonyl (C=O) groups excluding carboxylic acids is 1. The van der Waals surface area contributed by atoms with Crippen molar-refractivity contribution in [2.75, 3.05) is 13.1 Å². The van der Waals surface area contributed by atoms with Gasteiger partial charge >= 0.3 is 0 Å². The maximum atomic E-state index is 12.6. The van der Waals surface area contributed by atoms with E-state index in [4.69, 9.17) is 23.2 Å². The summed E-state index contributed by atoms with van der Waals surface area (Å²) in [6, 6.07) is 2.35. The summed E-state index contributed by atoms with van der Waals surface area (Å²) in [5.74, 6) is 0.0411. The van der Waals surface area contributed by atoms with Crippen molar-refractivity contribution in [1.82, 2.24) is 10.2 Å². The van der Waals surface area contributed by atoms with E-state index in [9.17, 15) is 4.79 Å². The van der Waals surface area contributed by atoms with E-state index in [-0.39, 0.29) is 18.3 Å². The van der Waals surface area contributed by atoms with E-state index in [1.165, 1.54) is 11.3 Å². The van der Waals surface area contributed by atoms with Gasteiger partial charge in [0.25, 0.3) is 5.91 Å². The van der Waals surface area contributed by atoms with Crippen LogP contribution in [0.5, 0.6) is 0 Å². The molecule has 0 saturated carbocycles. The number of nitrogens with one attached hydrogen (secondary N) is 1. The molecule has 106 valence electrons. The maximum Gasteiger partial charge on any atom is 0.256 e. The fourth-order valence-electron chi connectivity index (χ4n) is 2.94.